The summed E-state index contributed by atoms with van der Waals surface area (Å²) >= 11 is 1.86. The fourth-order valence-corrected chi connectivity index (χ4v) is 3.42. The highest BCUT2D eigenvalue weighted by atomic mass is 32.2. The molecular formula is C13H12F3NO3S2. The Morgan fingerprint density at radius 3 is 2.41 bits per heavy atom. The van der Waals surface area contributed by atoms with E-state index in [2.05, 4.69) is 4.98 Å². The first kappa shape index (κ1) is 17.1. The Labute approximate surface area is 132 Å². The standard InChI is InChI=1S/C13H12F3NO3S2/c1-20-9-4-2-8(3-5-9)7-21-10-6-17-11(22-10)12(18,19)13(14,15)16/h2-6,18-19H,7H2,1H3. The predicted octanol–water partition coefficient (Wildman–Crippen LogP) is 3.14. The van der Waals surface area contributed by atoms with E-state index >= 15 is 0 Å². The van der Waals surface area contributed by atoms with Crippen LogP contribution < -0.4 is 4.74 Å². The maximum atomic E-state index is 12.5. The summed E-state index contributed by atoms with van der Waals surface area (Å²) in [7, 11) is 1.55. The van der Waals surface area contributed by atoms with Gasteiger partial charge in [-0.15, -0.1) is 23.1 Å². The van der Waals surface area contributed by atoms with Gasteiger partial charge in [0.15, 0.2) is 5.01 Å². The Morgan fingerprint density at radius 2 is 1.86 bits per heavy atom. The quantitative estimate of drug-likeness (QED) is 0.640. The number of hydrogen-bond acceptors (Lipinski definition) is 6. The van der Waals surface area contributed by atoms with E-state index in [1.54, 1.807) is 19.2 Å². The lowest BCUT2D eigenvalue weighted by Gasteiger charge is -2.21. The first-order chi connectivity index (χ1) is 10.2. The number of aliphatic hydroxyl groups is 2. The molecule has 4 nitrogen and oxygen atoms in total. The van der Waals surface area contributed by atoms with Gasteiger partial charge in [-0.3, -0.25) is 0 Å². The van der Waals surface area contributed by atoms with Gasteiger partial charge in [0, 0.05) is 5.75 Å². The Kier molecular flexibility index (Phi) is 5.00. The second-order valence-corrected chi connectivity index (χ2v) is 6.60. The second-order valence-electron chi connectivity index (χ2n) is 4.29. The van der Waals surface area contributed by atoms with Crippen LogP contribution in [0.1, 0.15) is 10.6 Å². The molecule has 0 atom stereocenters. The third kappa shape index (κ3) is 3.72. The van der Waals surface area contributed by atoms with Gasteiger partial charge >= 0.3 is 12.0 Å². The van der Waals surface area contributed by atoms with Crippen LogP contribution >= 0.6 is 23.1 Å². The van der Waals surface area contributed by atoms with E-state index in [-0.39, 0.29) is 0 Å². The van der Waals surface area contributed by atoms with Crippen molar-refractivity contribution < 1.29 is 28.1 Å². The molecule has 0 aliphatic carbocycles. The monoisotopic (exact) mass is 351 g/mol. The van der Waals surface area contributed by atoms with Crippen molar-refractivity contribution in [1.29, 1.82) is 0 Å². The molecule has 0 spiro atoms. The number of nitrogens with zero attached hydrogens (tertiary/aromatic N) is 1. The van der Waals surface area contributed by atoms with E-state index in [1.165, 1.54) is 18.0 Å². The summed E-state index contributed by atoms with van der Waals surface area (Å²) in [5, 5.41) is 17.5. The van der Waals surface area contributed by atoms with Crippen molar-refractivity contribution in [3.63, 3.8) is 0 Å². The zero-order valence-electron chi connectivity index (χ0n) is 11.3. The molecule has 2 aromatic rings. The summed E-state index contributed by atoms with van der Waals surface area (Å²) in [6.07, 6.45) is -4.00. The summed E-state index contributed by atoms with van der Waals surface area (Å²) in [4.78, 5) is 3.45. The molecule has 120 valence electrons. The summed E-state index contributed by atoms with van der Waals surface area (Å²) in [6.45, 7) is 0. The van der Waals surface area contributed by atoms with Gasteiger partial charge in [0.05, 0.1) is 17.5 Å². The topological polar surface area (TPSA) is 62.6 Å². The van der Waals surface area contributed by atoms with Gasteiger partial charge in [-0.1, -0.05) is 12.1 Å². The molecule has 0 fully saturated rings. The SMILES string of the molecule is COc1ccc(CSc2cnc(C(O)(O)C(F)(F)F)s2)cc1. The van der Waals surface area contributed by atoms with Crippen LogP contribution in [0.15, 0.2) is 34.7 Å². The smallest absolute Gasteiger partial charge is 0.450 e. The Morgan fingerprint density at radius 1 is 1.23 bits per heavy atom. The molecule has 0 radical (unpaired) electrons. The van der Waals surface area contributed by atoms with Gasteiger partial charge in [-0.05, 0) is 17.7 Å². The molecule has 0 saturated carbocycles. The summed E-state index contributed by atoms with van der Waals surface area (Å²) < 4.78 is 43.0. The molecule has 2 N–H and O–H groups in total. The van der Waals surface area contributed by atoms with Crippen molar-refractivity contribution in [2.24, 2.45) is 0 Å². The van der Waals surface area contributed by atoms with E-state index < -0.39 is 17.0 Å². The van der Waals surface area contributed by atoms with E-state index in [9.17, 15) is 13.2 Å². The highest BCUT2D eigenvalue weighted by molar-refractivity contribution is 8.00. The van der Waals surface area contributed by atoms with E-state index in [4.69, 9.17) is 14.9 Å². The third-order valence-electron chi connectivity index (χ3n) is 2.72. The Bertz CT molecular complexity index is 626. The molecule has 0 unspecified atom stereocenters. The van der Waals surface area contributed by atoms with Crippen molar-refractivity contribution in [1.82, 2.24) is 4.98 Å². The lowest BCUT2D eigenvalue weighted by Crippen LogP contribution is -2.41. The number of halogens is 3. The molecule has 2 rings (SSSR count). The van der Waals surface area contributed by atoms with Crippen molar-refractivity contribution >= 4 is 23.1 Å². The van der Waals surface area contributed by atoms with Gasteiger partial charge in [-0.25, -0.2) is 4.98 Å². The number of benzene rings is 1. The number of hydrogen-bond donors (Lipinski definition) is 2. The van der Waals surface area contributed by atoms with Crippen molar-refractivity contribution in [2.45, 2.75) is 21.9 Å². The van der Waals surface area contributed by atoms with Gasteiger partial charge < -0.3 is 14.9 Å². The van der Waals surface area contributed by atoms with E-state index in [0.29, 0.717) is 27.0 Å². The molecule has 1 aromatic carbocycles. The Hall–Kier alpha value is -1.29. The fourth-order valence-electron chi connectivity index (χ4n) is 1.48. The minimum absolute atomic E-state index is 0.461. The molecule has 0 aliphatic heterocycles. The van der Waals surface area contributed by atoms with Crippen LogP contribution in [0.25, 0.3) is 0 Å². The molecular weight excluding hydrogens is 339 g/mol. The number of thiazole rings is 1. The summed E-state index contributed by atoms with van der Waals surface area (Å²) in [6, 6.07) is 7.24. The number of rotatable bonds is 5. The number of methoxy groups -OCH3 is 1. The predicted molar refractivity (Wildman–Crippen MR) is 76.8 cm³/mol. The van der Waals surface area contributed by atoms with Crippen molar-refractivity contribution in [3.05, 3.63) is 41.0 Å². The van der Waals surface area contributed by atoms with Crippen LogP contribution in [-0.2, 0) is 11.5 Å². The molecule has 9 heteroatoms. The maximum Gasteiger partial charge on any atom is 0.450 e. The van der Waals surface area contributed by atoms with Gasteiger partial charge in [-0.2, -0.15) is 13.2 Å². The third-order valence-corrected chi connectivity index (χ3v) is 5.08. The minimum Gasteiger partial charge on any atom is -0.497 e. The highest BCUT2D eigenvalue weighted by Crippen LogP contribution is 2.40. The normalized spacial score (nSPS) is 12.5. The largest absolute Gasteiger partial charge is 0.497 e. The lowest BCUT2D eigenvalue weighted by molar-refractivity contribution is -0.358. The molecule has 0 amide bonds. The summed E-state index contributed by atoms with van der Waals surface area (Å²) in [5.74, 6) is -2.69. The van der Waals surface area contributed by atoms with E-state index in [1.807, 2.05) is 12.1 Å². The zero-order valence-corrected chi connectivity index (χ0v) is 12.9. The first-order valence-corrected chi connectivity index (χ1v) is 7.78. The number of ether oxygens (including phenoxy) is 1. The van der Waals surface area contributed by atoms with Crippen molar-refractivity contribution in [2.75, 3.05) is 7.11 Å². The number of thioether (sulfide) groups is 1. The number of aromatic nitrogens is 1. The van der Waals surface area contributed by atoms with Gasteiger partial charge in [0.1, 0.15) is 5.75 Å². The maximum absolute atomic E-state index is 12.5. The van der Waals surface area contributed by atoms with Crippen LogP contribution in [0.3, 0.4) is 0 Å². The minimum atomic E-state index is -5.19. The van der Waals surface area contributed by atoms with Crippen LogP contribution in [0.5, 0.6) is 5.75 Å². The summed E-state index contributed by atoms with van der Waals surface area (Å²) in [5.41, 5.74) is 0.954. The molecule has 1 heterocycles. The van der Waals surface area contributed by atoms with Crippen LogP contribution in [0.2, 0.25) is 0 Å². The fraction of sp³-hybridized carbons (Fsp3) is 0.308. The van der Waals surface area contributed by atoms with E-state index in [0.717, 1.165) is 5.56 Å². The lowest BCUT2D eigenvalue weighted by atomic mass is 10.2. The molecule has 0 aliphatic rings. The Balaban J connectivity index is 2.03. The number of alkyl halides is 3. The first-order valence-electron chi connectivity index (χ1n) is 5.97. The van der Waals surface area contributed by atoms with Gasteiger partial charge in [0.2, 0.25) is 0 Å². The van der Waals surface area contributed by atoms with Crippen LogP contribution in [-0.4, -0.2) is 28.5 Å². The molecule has 1 aromatic heterocycles. The van der Waals surface area contributed by atoms with Crippen LogP contribution in [0, 0.1) is 0 Å². The average molecular weight is 351 g/mol. The molecule has 0 saturated heterocycles. The van der Waals surface area contributed by atoms with Crippen LogP contribution in [0.4, 0.5) is 13.2 Å². The van der Waals surface area contributed by atoms with Gasteiger partial charge in [0.25, 0.3) is 0 Å². The van der Waals surface area contributed by atoms with Crippen molar-refractivity contribution in [3.8, 4) is 5.75 Å². The second kappa shape index (κ2) is 6.45. The molecule has 22 heavy (non-hydrogen) atoms. The highest BCUT2D eigenvalue weighted by Gasteiger charge is 2.56. The zero-order chi connectivity index (χ0) is 16.4. The molecule has 0 bridgehead atoms. The average Bonchev–Trinajstić information content (AvgIpc) is 2.94.